The van der Waals surface area contributed by atoms with Crippen LogP contribution >= 0.6 is 0 Å². The average Bonchev–Trinajstić information content (AvgIpc) is 3.26. The summed E-state index contributed by atoms with van der Waals surface area (Å²) in [6, 6.07) is 0. The average molecular weight is 601 g/mol. The van der Waals surface area contributed by atoms with Crippen LogP contribution in [0, 0.1) is 58.2 Å². The standard InChI is InChI=1S/C38H68O3Si/c1-26(2)14-12-15-27(3)30-20-21-31-28-18-19-32-29(16-13-17-35(39)40-9)34(41-42(10,11)36(4,5)6)23-25-38(32,8)33(28)22-24-37(30,31)7/h13,17,26-34H,12,14-16,18-25H2,1-11H3/b17-13+/t27-,28+,29+,30-,31+,32+,33+,34-,37-,38+/m1/s1. The second-order valence-electron chi connectivity index (χ2n) is 17.9. The Labute approximate surface area is 261 Å². The summed E-state index contributed by atoms with van der Waals surface area (Å²) in [4.78, 5) is 12.0. The van der Waals surface area contributed by atoms with Gasteiger partial charge in [0.05, 0.1) is 7.11 Å². The predicted molar refractivity (Wildman–Crippen MR) is 180 cm³/mol. The van der Waals surface area contributed by atoms with E-state index in [0.29, 0.717) is 28.8 Å². The SMILES string of the molecule is COC(=O)/C=C/C[C@@H]1[C@H](O[Si](C)(C)C(C)(C)C)CC[C@@]2(C)[C@H]1CC[C@@H]1[C@@H]2CC[C@]2(C)[C@@H]([C@H](C)CCCC(C)C)CC[C@@H]12. The van der Waals surface area contributed by atoms with Gasteiger partial charge in [0.15, 0.2) is 8.32 Å². The molecule has 3 nitrogen and oxygen atoms in total. The molecule has 0 radical (unpaired) electrons. The minimum absolute atomic E-state index is 0.205. The molecule has 0 unspecified atom stereocenters. The Bertz CT molecular complexity index is 948. The Kier molecular flexibility index (Phi) is 10.6. The van der Waals surface area contributed by atoms with E-state index in [2.05, 4.69) is 74.6 Å². The highest BCUT2D eigenvalue weighted by Gasteiger charge is 2.62. The van der Waals surface area contributed by atoms with Crippen molar-refractivity contribution >= 4 is 14.3 Å². The molecule has 0 N–H and O–H groups in total. The summed E-state index contributed by atoms with van der Waals surface area (Å²) < 4.78 is 12.2. The summed E-state index contributed by atoms with van der Waals surface area (Å²) >= 11 is 0. The fourth-order valence-corrected chi connectivity index (χ4v) is 12.3. The van der Waals surface area contributed by atoms with E-state index in [1.807, 2.05) is 0 Å². The van der Waals surface area contributed by atoms with E-state index in [-0.39, 0.29) is 11.0 Å². The lowest BCUT2D eigenvalue weighted by Crippen LogP contribution is -2.58. The third-order valence-electron chi connectivity index (χ3n) is 14.2. The fraction of sp³-hybridized carbons (Fsp3) is 0.921. The van der Waals surface area contributed by atoms with Crippen LogP contribution in [0.2, 0.25) is 18.1 Å². The summed E-state index contributed by atoms with van der Waals surface area (Å²) in [5.74, 6) is 6.24. The van der Waals surface area contributed by atoms with Crippen LogP contribution in [0.3, 0.4) is 0 Å². The molecule has 10 atom stereocenters. The third-order valence-corrected chi connectivity index (χ3v) is 18.7. The zero-order valence-corrected chi connectivity index (χ0v) is 30.6. The van der Waals surface area contributed by atoms with E-state index in [9.17, 15) is 4.79 Å². The minimum Gasteiger partial charge on any atom is -0.466 e. The van der Waals surface area contributed by atoms with Gasteiger partial charge >= 0.3 is 5.97 Å². The van der Waals surface area contributed by atoms with E-state index in [1.54, 1.807) is 6.08 Å². The van der Waals surface area contributed by atoms with Crippen molar-refractivity contribution in [2.45, 2.75) is 157 Å². The quantitative estimate of drug-likeness (QED) is 0.142. The molecule has 242 valence electrons. The number of hydrogen-bond donors (Lipinski definition) is 0. The Hall–Kier alpha value is -0.613. The number of carbonyl (C=O) groups is 1. The van der Waals surface area contributed by atoms with Crippen LogP contribution in [0.15, 0.2) is 12.2 Å². The Balaban J connectivity index is 1.54. The summed E-state index contributed by atoms with van der Waals surface area (Å²) in [6.07, 6.45) is 20.3. The van der Waals surface area contributed by atoms with E-state index >= 15 is 0 Å². The third kappa shape index (κ3) is 6.65. The van der Waals surface area contributed by atoms with Crippen LogP contribution in [0.25, 0.3) is 0 Å². The van der Waals surface area contributed by atoms with Crippen LogP contribution in [-0.2, 0) is 14.0 Å². The second kappa shape index (κ2) is 13.0. The van der Waals surface area contributed by atoms with Crippen LogP contribution in [0.5, 0.6) is 0 Å². The molecule has 4 fully saturated rings. The largest absolute Gasteiger partial charge is 0.466 e. The van der Waals surface area contributed by atoms with E-state index in [0.717, 1.165) is 41.9 Å². The first kappa shape index (κ1) is 34.3. The molecule has 0 aromatic carbocycles. The fourth-order valence-electron chi connectivity index (χ4n) is 10.9. The predicted octanol–water partition coefficient (Wildman–Crippen LogP) is 10.8. The number of esters is 1. The molecule has 4 saturated carbocycles. The summed E-state index contributed by atoms with van der Waals surface area (Å²) in [6.45, 7) is 24.7. The van der Waals surface area contributed by atoms with Gasteiger partial charge in [-0.2, -0.15) is 0 Å². The molecule has 4 aliphatic rings. The van der Waals surface area contributed by atoms with Gasteiger partial charge in [-0.3, -0.25) is 0 Å². The monoisotopic (exact) mass is 600 g/mol. The van der Waals surface area contributed by atoms with Gasteiger partial charge in [0.2, 0.25) is 0 Å². The molecule has 4 rings (SSSR count). The number of fused-ring (bicyclic) bond motifs is 5. The Morgan fingerprint density at radius 2 is 1.55 bits per heavy atom. The van der Waals surface area contributed by atoms with Crippen molar-refractivity contribution in [3.8, 4) is 0 Å². The molecule has 0 aliphatic heterocycles. The van der Waals surface area contributed by atoms with Crippen molar-refractivity contribution in [1.82, 2.24) is 0 Å². The van der Waals surface area contributed by atoms with Gasteiger partial charge in [-0.25, -0.2) is 4.79 Å². The number of hydrogen-bond acceptors (Lipinski definition) is 3. The van der Waals surface area contributed by atoms with Crippen molar-refractivity contribution in [3.63, 3.8) is 0 Å². The smallest absolute Gasteiger partial charge is 0.330 e. The lowest BCUT2D eigenvalue weighted by atomic mass is 9.43. The van der Waals surface area contributed by atoms with Crippen molar-refractivity contribution in [1.29, 1.82) is 0 Å². The first-order chi connectivity index (χ1) is 19.5. The maximum Gasteiger partial charge on any atom is 0.330 e. The van der Waals surface area contributed by atoms with Gasteiger partial charge in [0.25, 0.3) is 0 Å². The zero-order chi connectivity index (χ0) is 31.1. The highest BCUT2D eigenvalue weighted by molar-refractivity contribution is 6.74. The lowest BCUT2D eigenvalue weighted by Gasteiger charge is -2.63. The molecular formula is C38H68O3Si. The first-order valence-corrected chi connectivity index (χ1v) is 20.9. The normalized spacial score (nSPS) is 39.6. The minimum atomic E-state index is -1.90. The number of allylic oxidation sites excluding steroid dienone is 1. The molecule has 0 aromatic heterocycles. The van der Waals surface area contributed by atoms with Crippen LogP contribution < -0.4 is 0 Å². The van der Waals surface area contributed by atoms with Crippen LogP contribution in [-0.4, -0.2) is 27.5 Å². The van der Waals surface area contributed by atoms with Gasteiger partial charge in [0.1, 0.15) is 0 Å². The molecule has 4 heteroatoms. The second-order valence-corrected chi connectivity index (χ2v) is 22.6. The molecule has 4 aliphatic carbocycles. The number of ether oxygens (including phenoxy) is 1. The molecule has 0 aromatic rings. The summed E-state index contributed by atoms with van der Waals surface area (Å²) in [7, 11) is -0.418. The summed E-state index contributed by atoms with van der Waals surface area (Å²) in [5.41, 5.74) is 0.940. The van der Waals surface area contributed by atoms with Crippen LogP contribution in [0.4, 0.5) is 0 Å². The number of methoxy groups -OCH3 is 1. The lowest BCUT2D eigenvalue weighted by molar-refractivity contribution is -0.149. The van der Waals surface area contributed by atoms with Crippen molar-refractivity contribution in [2.75, 3.05) is 7.11 Å². The molecule has 0 saturated heterocycles. The topological polar surface area (TPSA) is 35.5 Å². The molecule has 0 amide bonds. The van der Waals surface area contributed by atoms with Gasteiger partial charge < -0.3 is 9.16 Å². The van der Waals surface area contributed by atoms with E-state index in [1.165, 1.54) is 77.7 Å². The zero-order valence-electron chi connectivity index (χ0n) is 29.6. The van der Waals surface area contributed by atoms with Crippen molar-refractivity contribution in [2.24, 2.45) is 58.2 Å². The van der Waals surface area contributed by atoms with Gasteiger partial charge in [-0.15, -0.1) is 0 Å². The Morgan fingerprint density at radius 1 is 0.905 bits per heavy atom. The number of rotatable bonds is 10. The molecule has 0 bridgehead atoms. The Morgan fingerprint density at radius 3 is 2.19 bits per heavy atom. The highest BCUT2D eigenvalue weighted by atomic mass is 28.4. The van der Waals surface area contributed by atoms with E-state index in [4.69, 9.17) is 9.16 Å². The van der Waals surface area contributed by atoms with E-state index < -0.39 is 8.32 Å². The molecular weight excluding hydrogens is 533 g/mol. The highest BCUT2D eigenvalue weighted by Crippen LogP contribution is 2.69. The molecule has 42 heavy (non-hydrogen) atoms. The van der Waals surface area contributed by atoms with Gasteiger partial charge in [-0.1, -0.05) is 80.7 Å². The first-order valence-electron chi connectivity index (χ1n) is 18.0. The van der Waals surface area contributed by atoms with Gasteiger partial charge in [0, 0.05) is 12.2 Å². The van der Waals surface area contributed by atoms with Crippen molar-refractivity contribution < 1.29 is 14.0 Å². The van der Waals surface area contributed by atoms with Crippen LogP contribution in [0.1, 0.15) is 132 Å². The van der Waals surface area contributed by atoms with Crippen molar-refractivity contribution in [3.05, 3.63) is 12.2 Å². The molecule has 0 heterocycles. The maximum absolute atomic E-state index is 12.0. The molecule has 0 spiro atoms. The maximum atomic E-state index is 12.0. The number of carbonyl (C=O) groups excluding carboxylic acids is 1. The summed E-state index contributed by atoms with van der Waals surface area (Å²) in [5, 5.41) is 0.205. The van der Waals surface area contributed by atoms with Gasteiger partial charge in [-0.05, 0) is 134 Å².